The van der Waals surface area contributed by atoms with E-state index in [1.165, 1.54) is 11.7 Å². The molecule has 0 atom stereocenters. The van der Waals surface area contributed by atoms with E-state index < -0.39 is 5.91 Å². The number of para-hydroxylation sites is 1. The molecule has 26 heavy (non-hydrogen) atoms. The predicted molar refractivity (Wildman–Crippen MR) is 96.0 cm³/mol. The summed E-state index contributed by atoms with van der Waals surface area (Å²) in [6.45, 7) is 1.82. The zero-order valence-corrected chi connectivity index (χ0v) is 14.7. The minimum Gasteiger partial charge on any atom is -0.383 e. The lowest BCUT2D eigenvalue weighted by molar-refractivity contribution is -0.129. The molecule has 138 valence electrons. The Bertz CT molecular complexity index is 871. The smallest absolute Gasteiger partial charge is 0.287 e. The van der Waals surface area contributed by atoms with Crippen molar-refractivity contribution >= 4 is 22.7 Å². The van der Waals surface area contributed by atoms with E-state index in [0.717, 1.165) is 25.9 Å². The highest BCUT2D eigenvalue weighted by molar-refractivity contribution is 5.95. The van der Waals surface area contributed by atoms with Crippen LogP contribution < -0.4 is 10.9 Å². The van der Waals surface area contributed by atoms with Gasteiger partial charge in [0.2, 0.25) is 11.7 Å². The van der Waals surface area contributed by atoms with Gasteiger partial charge >= 0.3 is 0 Å². The van der Waals surface area contributed by atoms with E-state index in [-0.39, 0.29) is 37.0 Å². The average Bonchev–Trinajstić information content (AvgIpc) is 3.20. The summed E-state index contributed by atoms with van der Waals surface area (Å²) in [4.78, 5) is 43.5. The first-order valence-electron chi connectivity index (χ1n) is 8.66. The second kappa shape index (κ2) is 8.09. The number of ether oxygens (including phenoxy) is 1. The number of fused-ring (bicyclic) bond motifs is 1. The number of rotatable bonds is 6. The zero-order valence-electron chi connectivity index (χ0n) is 14.7. The van der Waals surface area contributed by atoms with Gasteiger partial charge in [0.25, 0.3) is 11.5 Å². The fourth-order valence-corrected chi connectivity index (χ4v) is 3.04. The third kappa shape index (κ3) is 3.75. The Kier molecular flexibility index (Phi) is 5.62. The van der Waals surface area contributed by atoms with Crippen molar-refractivity contribution in [3.8, 4) is 0 Å². The largest absolute Gasteiger partial charge is 0.383 e. The minimum atomic E-state index is -0.545. The molecule has 2 amide bonds. The molecule has 0 radical (unpaired) electrons. The molecule has 8 heteroatoms. The number of hydrogen-bond acceptors (Lipinski definition) is 5. The summed E-state index contributed by atoms with van der Waals surface area (Å²) in [7, 11) is 1.52. The van der Waals surface area contributed by atoms with Gasteiger partial charge in [-0.05, 0) is 25.0 Å². The fourth-order valence-electron chi connectivity index (χ4n) is 3.04. The van der Waals surface area contributed by atoms with E-state index in [2.05, 4.69) is 10.3 Å². The van der Waals surface area contributed by atoms with Crippen LogP contribution >= 0.6 is 0 Å². The van der Waals surface area contributed by atoms with Crippen molar-refractivity contribution in [3.63, 3.8) is 0 Å². The molecular weight excluding hydrogens is 336 g/mol. The Morgan fingerprint density at radius 1 is 1.23 bits per heavy atom. The van der Waals surface area contributed by atoms with Crippen molar-refractivity contribution in [2.75, 3.05) is 33.4 Å². The molecule has 8 nitrogen and oxygen atoms in total. The Balaban J connectivity index is 1.85. The van der Waals surface area contributed by atoms with Crippen LogP contribution in [0.3, 0.4) is 0 Å². The van der Waals surface area contributed by atoms with Gasteiger partial charge in [-0.1, -0.05) is 12.1 Å². The molecule has 1 N–H and O–H groups in total. The molecule has 2 aromatic rings. The number of carbonyl (C=O) groups excluding carboxylic acids is 2. The molecule has 2 heterocycles. The molecule has 0 spiro atoms. The normalized spacial score (nSPS) is 14.0. The Labute approximate surface area is 150 Å². The molecule has 1 saturated heterocycles. The molecular formula is C18H22N4O4. The maximum Gasteiger partial charge on any atom is 0.287 e. The maximum absolute atomic E-state index is 12.7. The highest BCUT2D eigenvalue weighted by Crippen LogP contribution is 2.09. The molecule has 3 rings (SSSR count). The van der Waals surface area contributed by atoms with E-state index in [1.54, 1.807) is 29.2 Å². The Morgan fingerprint density at radius 3 is 2.69 bits per heavy atom. The molecule has 1 aliphatic heterocycles. The summed E-state index contributed by atoms with van der Waals surface area (Å²) in [6, 6.07) is 6.86. The van der Waals surface area contributed by atoms with Gasteiger partial charge in [-0.15, -0.1) is 0 Å². The molecule has 0 aliphatic carbocycles. The first-order chi connectivity index (χ1) is 12.6. The quantitative estimate of drug-likeness (QED) is 0.807. The third-order valence-corrected chi connectivity index (χ3v) is 4.44. The second-order valence-electron chi connectivity index (χ2n) is 6.17. The summed E-state index contributed by atoms with van der Waals surface area (Å²) in [6.07, 6.45) is 1.98. The van der Waals surface area contributed by atoms with Crippen LogP contribution in [-0.4, -0.2) is 59.6 Å². The predicted octanol–water partition coefficient (Wildman–Crippen LogP) is 0.395. The lowest BCUT2D eigenvalue weighted by Crippen LogP contribution is -2.41. The highest BCUT2D eigenvalue weighted by atomic mass is 16.5. The standard InChI is InChI=1S/C18H22N4O4/c1-26-11-10-22-16(20-14-7-3-2-6-13(14)18(22)25)17(24)19-12-15(23)21-8-4-5-9-21/h2-3,6-7H,4-5,8-12H2,1H3,(H,19,24). The van der Waals surface area contributed by atoms with E-state index in [1.807, 2.05) is 0 Å². The van der Waals surface area contributed by atoms with Crippen molar-refractivity contribution in [2.24, 2.45) is 0 Å². The molecule has 1 fully saturated rings. The topological polar surface area (TPSA) is 93.5 Å². The summed E-state index contributed by atoms with van der Waals surface area (Å²) in [5.74, 6) is -0.682. The average molecular weight is 358 g/mol. The second-order valence-corrected chi connectivity index (χ2v) is 6.17. The summed E-state index contributed by atoms with van der Waals surface area (Å²) in [5, 5.41) is 3.03. The van der Waals surface area contributed by atoms with Crippen LogP contribution in [0.15, 0.2) is 29.1 Å². The van der Waals surface area contributed by atoms with Crippen LogP contribution in [0.5, 0.6) is 0 Å². The van der Waals surface area contributed by atoms with Gasteiger partial charge in [-0.25, -0.2) is 4.98 Å². The molecule has 1 aromatic heterocycles. The van der Waals surface area contributed by atoms with E-state index in [9.17, 15) is 14.4 Å². The third-order valence-electron chi connectivity index (χ3n) is 4.44. The number of nitrogens with one attached hydrogen (secondary N) is 1. The fraction of sp³-hybridized carbons (Fsp3) is 0.444. The molecule has 0 unspecified atom stereocenters. The molecule has 1 aromatic carbocycles. The van der Waals surface area contributed by atoms with Gasteiger partial charge in [0.05, 0.1) is 30.6 Å². The van der Waals surface area contributed by atoms with Gasteiger partial charge in [0.15, 0.2) is 0 Å². The highest BCUT2D eigenvalue weighted by Gasteiger charge is 2.21. The van der Waals surface area contributed by atoms with Crippen molar-refractivity contribution < 1.29 is 14.3 Å². The first kappa shape index (κ1) is 18.1. The van der Waals surface area contributed by atoms with E-state index in [4.69, 9.17) is 4.74 Å². The first-order valence-corrected chi connectivity index (χ1v) is 8.66. The zero-order chi connectivity index (χ0) is 18.5. The van der Waals surface area contributed by atoms with Crippen LogP contribution in [0.1, 0.15) is 23.5 Å². The lowest BCUT2D eigenvalue weighted by atomic mass is 10.2. The van der Waals surface area contributed by atoms with Gasteiger partial charge in [-0.2, -0.15) is 0 Å². The number of methoxy groups -OCH3 is 1. The van der Waals surface area contributed by atoms with Crippen molar-refractivity contribution in [1.29, 1.82) is 0 Å². The SMILES string of the molecule is COCCn1c(C(=O)NCC(=O)N2CCCC2)nc2ccccc2c1=O. The summed E-state index contributed by atoms with van der Waals surface area (Å²) in [5.41, 5.74) is 0.144. The number of benzene rings is 1. The van der Waals surface area contributed by atoms with E-state index >= 15 is 0 Å². The van der Waals surface area contributed by atoms with Crippen molar-refractivity contribution in [1.82, 2.24) is 19.8 Å². The van der Waals surface area contributed by atoms with Crippen LogP contribution in [0.25, 0.3) is 10.9 Å². The number of nitrogens with zero attached hydrogens (tertiary/aromatic N) is 3. The van der Waals surface area contributed by atoms with Crippen LogP contribution in [0, 0.1) is 0 Å². The Morgan fingerprint density at radius 2 is 1.96 bits per heavy atom. The number of amides is 2. The molecule has 0 saturated carbocycles. The van der Waals surface area contributed by atoms with E-state index in [0.29, 0.717) is 10.9 Å². The van der Waals surface area contributed by atoms with Crippen molar-refractivity contribution in [3.05, 3.63) is 40.4 Å². The number of likely N-dealkylation sites (tertiary alicyclic amines) is 1. The van der Waals surface area contributed by atoms with Crippen molar-refractivity contribution in [2.45, 2.75) is 19.4 Å². The molecule has 0 bridgehead atoms. The number of aromatic nitrogens is 2. The van der Waals surface area contributed by atoms with Crippen LogP contribution in [-0.2, 0) is 16.1 Å². The summed E-state index contributed by atoms with van der Waals surface area (Å²) >= 11 is 0. The van der Waals surface area contributed by atoms with Gasteiger partial charge in [0, 0.05) is 20.2 Å². The van der Waals surface area contributed by atoms with Crippen LogP contribution in [0.4, 0.5) is 0 Å². The van der Waals surface area contributed by atoms with Crippen LogP contribution in [0.2, 0.25) is 0 Å². The lowest BCUT2D eigenvalue weighted by Gasteiger charge is -2.16. The minimum absolute atomic E-state index is 0.0139. The Hall–Kier alpha value is -2.74. The number of carbonyl (C=O) groups is 2. The maximum atomic E-state index is 12.7. The summed E-state index contributed by atoms with van der Waals surface area (Å²) < 4.78 is 6.33. The van der Waals surface area contributed by atoms with Gasteiger partial charge in [0.1, 0.15) is 0 Å². The molecule has 1 aliphatic rings. The monoisotopic (exact) mass is 358 g/mol. The number of hydrogen-bond donors (Lipinski definition) is 1. The van der Waals surface area contributed by atoms with Gasteiger partial charge < -0.3 is 15.0 Å². The van der Waals surface area contributed by atoms with Gasteiger partial charge in [-0.3, -0.25) is 19.0 Å².